The summed E-state index contributed by atoms with van der Waals surface area (Å²) < 4.78 is 22.2. The minimum absolute atomic E-state index is 0.0275. The van der Waals surface area contributed by atoms with Gasteiger partial charge in [0.1, 0.15) is 18.5 Å². The molecule has 4 atom stereocenters. The second-order valence-electron chi connectivity index (χ2n) is 9.69. The van der Waals surface area contributed by atoms with Crippen molar-refractivity contribution in [2.24, 2.45) is 0 Å². The number of morpholine rings is 1. The van der Waals surface area contributed by atoms with Crippen LogP contribution in [0, 0.1) is 0 Å². The van der Waals surface area contributed by atoms with Gasteiger partial charge in [0, 0.05) is 56.5 Å². The molecule has 214 valence electrons. The van der Waals surface area contributed by atoms with Gasteiger partial charge in [0.05, 0.1) is 51.9 Å². The molecule has 1 aromatic carbocycles. The van der Waals surface area contributed by atoms with E-state index in [1.807, 2.05) is 0 Å². The Morgan fingerprint density at radius 1 is 1.26 bits per heavy atom. The molecule has 39 heavy (non-hydrogen) atoms. The molecule has 2 amide bonds. The molecule has 12 nitrogen and oxygen atoms in total. The molecule has 4 unspecified atom stereocenters. The molecule has 0 spiro atoms. The lowest BCUT2D eigenvalue weighted by atomic mass is 9.77. The minimum atomic E-state index is -1.18. The summed E-state index contributed by atoms with van der Waals surface area (Å²) in [5.74, 6) is -0.753. The van der Waals surface area contributed by atoms with Gasteiger partial charge in [-0.1, -0.05) is 0 Å². The molecular formula is C27H37N3O9. The van der Waals surface area contributed by atoms with Crippen LogP contribution < -0.4 is 14.8 Å². The molecule has 1 fully saturated rings. The normalized spacial score (nSPS) is 24.2. The van der Waals surface area contributed by atoms with Crippen LogP contribution in [-0.2, 0) is 19.1 Å². The number of methoxy groups -OCH3 is 2. The number of rotatable bonds is 12. The Bertz CT molecular complexity index is 1070. The summed E-state index contributed by atoms with van der Waals surface area (Å²) in [5, 5.41) is 23.6. The first-order valence-corrected chi connectivity index (χ1v) is 13.1. The second-order valence-corrected chi connectivity index (χ2v) is 9.69. The molecule has 2 heterocycles. The molecular weight excluding hydrogens is 510 g/mol. The summed E-state index contributed by atoms with van der Waals surface area (Å²) in [6, 6.07) is 2.29. The highest BCUT2D eigenvalue weighted by Crippen LogP contribution is 2.51. The number of nitrogens with zero attached hydrogens (tertiary/aromatic N) is 2. The molecule has 1 saturated heterocycles. The number of amides is 2. The number of ether oxygens (including phenoxy) is 4. The third-order valence-electron chi connectivity index (χ3n) is 7.37. The van der Waals surface area contributed by atoms with Gasteiger partial charge in [-0.2, -0.15) is 0 Å². The van der Waals surface area contributed by atoms with Crippen LogP contribution in [0.25, 0.3) is 0 Å². The van der Waals surface area contributed by atoms with Crippen LogP contribution >= 0.6 is 0 Å². The van der Waals surface area contributed by atoms with Crippen molar-refractivity contribution < 1.29 is 43.5 Å². The number of fused-ring (bicyclic) bond motifs is 3. The zero-order valence-electron chi connectivity index (χ0n) is 22.3. The lowest BCUT2D eigenvalue weighted by molar-refractivity contribution is -0.138. The van der Waals surface area contributed by atoms with Crippen molar-refractivity contribution in [1.29, 1.82) is 0 Å². The lowest BCUT2D eigenvalue weighted by Gasteiger charge is -2.41. The molecule has 0 aromatic heterocycles. The molecule has 0 saturated carbocycles. The summed E-state index contributed by atoms with van der Waals surface area (Å²) in [4.78, 5) is 42.1. The lowest BCUT2D eigenvalue weighted by Crippen LogP contribution is -2.57. The van der Waals surface area contributed by atoms with E-state index < -0.39 is 30.1 Å². The number of aldehydes is 1. The quantitative estimate of drug-likeness (QED) is 0.288. The number of aliphatic hydroxyl groups is 2. The Hall–Kier alpha value is -3.03. The Labute approximate surface area is 227 Å². The standard InChI is InChI=1S/C27H37N3O9/c1-36-10-3-22(33)30(6-5-29-7-11-38-12-8-29)20-15-19(27(35)28-4-9-31)23-18-13-17(16-32)14-21(37-2)25(18)39-26(23)24(20)34/h13-16,20,23-24,26,31,34H,3-12H2,1-2H3,(H,28,35). The number of carbonyl (C=O) groups is 3. The first kappa shape index (κ1) is 29.0. The fourth-order valence-electron chi connectivity index (χ4n) is 5.41. The Balaban J connectivity index is 1.72. The van der Waals surface area contributed by atoms with Crippen LogP contribution in [0.1, 0.15) is 28.3 Å². The highest BCUT2D eigenvalue weighted by atomic mass is 16.5. The maximum atomic E-state index is 13.4. The van der Waals surface area contributed by atoms with Crippen molar-refractivity contribution >= 4 is 18.1 Å². The molecule has 1 aromatic rings. The highest BCUT2D eigenvalue weighted by Gasteiger charge is 2.51. The van der Waals surface area contributed by atoms with Gasteiger partial charge in [-0.25, -0.2) is 0 Å². The van der Waals surface area contributed by atoms with Gasteiger partial charge >= 0.3 is 0 Å². The van der Waals surface area contributed by atoms with Gasteiger partial charge in [-0.15, -0.1) is 0 Å². The number of carbonyl (C=O) groups excluding carboxylic acids is 3. The molecule has 2 aliphatic heterocycles. The van der Waals surface area contributed by atoms with Crippen LogP contribution in [0.3, 0.4) is 0 Å². The minimum Gasteiger partial charge on any atom is -0.493 e. The Kier molecular flexibility index (Phi) is 9.92. The van der Waals surface area contributed by atoms with E-state index in [-0.39, 0.29) is 37.7 Å². The number of hydrogen-bond acceptors (Lipinski definition) is 10. The average Bonchev–Trinajstić information content (AvgIpc) is 3.35. The average molecular weight is 548 g/mol. The molecule has 0 radical (unpaired) electrons. The monoisotopic (exact) mass is 547 g/mol. The van der Waals surface area contributed by atoms with Gasteiger partial charge in [0.15, 0.2) is 11.5 Å². The Morgan fingerprint density at radius 3 is 2.69 bits per heavy atom. The maximum absolute atomic E-state index is 13.4. The van der Waals surface area contributed by atoms with E-state index in [1.54, 1.807) is 17.0 Å². The van der Waals surface area contributed by atoms with Crippen LogP contribution in [-0.4, -0.2) is 130 Å². The van der Waals surface area contributed by atoms with E-state index in [4.69, 9.17) is 18.9 Å². The zero-order valence-corrected chi connectivity index (χ0v) is 22.3. The van der Waals surface area contributed by atoms with Gasteiger partial charge in [-0.3, -0.25) is 19.3 Å². The summed E-state index contributed by atoms with van der Waals surface area (Å²) in [7, 11) is 2.96. The van der Waals surface area contributed by atoms with E-state index in [2.05, 4.69) is 10.2 Å². The van der Waals surface area contributed by atoms with Gasteiger partial charge in [0.2, 0.25) is 11.8 Å². The number of nitrogens with one attached hydrogen (secondary N) is 1. The van der Waals surface area contributed by atoms with Crippen LogP contribution in [0.2, 0.25) is 0 Å². The van der Waals surface area contributed by atoms with Crippen LogP contribution in [0.5, 0.6) is 11.5 Å². The third kappa shape index (κ3) is 6.25. The van der Waals surface area contributed by atoms with Gasteiger partial charge < -0.3 is 39.4 Å². The second kappa shape index (κ2) is 13.4. The number of benzene rings is 1. The molecule has 1 aliphatic carbocycles. The molecule has 0 bridgehead atoms. The van der Waals surface area contributed by atoms with Crippen molar-refractivity contribution in [2.75, 3.05) is 73.4 Å². The molecule has 12 heteroatoms. The third-order valence-corrected chi connectivity index (χ3v) is 7.37. The van der Waals surface area contributed by atoms with Crippen LogP contribution in [0.15, 0.2) is 23.8 Å². The smallest absolute Gasteiger partial charge is 0.247 e. The predicted octanol–water partition coefficient (Wildman–Crippen LogP) is -0.672. The summed E-state index contributed by atoms with van der Waals surface area (Å²) >= 11 is 0. The van der Waals surface area contributed by atoms with Crippen molar-refractivity contribution in [3.05, 3.63) is 34.9 Å². The first-order chi connectivity index (χ1) is 18.9. The van der Waals surface area contributed by atoms with Gasteiger partial charge in [-0.05, 0) is 18.2 Å². The topological polar surface area (TPSA) is 147 Å². The van der Waals surface area contributed by atoms with E-state index in [1.165, 1.54) is 20.3 Å². The van der Waals surface area contributed by atoms with Crippen molar-refractivity contribution in [2.45, 2.75) is 30.6 Å². The fraction of sp³-hybridized carbons (Fsp3) is 0.593. The van der Waals surface area contributed by atoms with E-state index >= 15 is 0 Å². The van der Waals surface area contributed by atoms with Crippen molar-refractivity contribution in [3.63, 3.8) is 0 Å². The maximum Gasteiger partial charge on any atom is 0.247 e. The molecule has 3 N–H and O–H groups in total. The van der Waals surface area contributed by atoms with Crippen molar-refractivity contribution in [1.82, 2.24) is 15.1 Å². The highest BCUT2D eigenvalue weighted by molar-refractivity contribution is 5.96. The van der Waals surface area contributed by atoms with E-state index in [0.29, 0.717) is 55.2 Å². The van der Waals surface area contributed by atoms with E-state index in [0.717, 1.165) is 13.1 Å². The summed E-state index contributed by atoms with van der Waals surface area (Å²) in [6.45, 7) is 3.56. The fourth-order valence-corrected chi connectivity index (χ4v) is 5.41. The summed E-state index contributed by atoms with van der Waals surface area (Å²) in [5.41, 5.74) is 1.15. The predicted molar refractivity (Wildman–Crippen MR) is 139 cm³/mol. The van der Waals surface area contributed by atoms with Gasteiger partial charge in [0.25, 0.3) is 0 Å². The SMILES string of the molecule is COCCC(=O)N(CCN1CCOCC1)C1C=C(C(=O)NCCO)C2c3cc(C=O)cc(OC)c3OC2C1O. The summed E-state index contributed by atoms with van der Waals surface area (Å²) in [6.07, 6.45) is 0.296. The first-order valence-electron chi connectivity index (χ1n) is 13.1. The largest absolute Gasteiger partial charge is 0.493 e. The zero-order chi connectivity index (χ0) is 27.9. The molecule has 3 aliphatic rings. The van der Waals surface area contributed by atoms with Crippen molar-refractivity contribution in [3.8, 4) is 11.5 Å². The Morgan fingerprint density at radius 2 is 2.03 bits per heavy atom. The number of hydrogen-bond donors (Lipinski definition) is 3. The molecule has 4 rings (SSSR count). The van der Waals surface area contributed by atoms with E-state index in [9.17, 15) is 24.6 Å². The van der Waals surface area contributed by atoms with Crippen LogP contribution in [0.4, 0.5) is 0 Å². The number of aliphatic hydroxyl groups excluding tert-OH is 2.